The number of hydrogen-bond donors (Lipinski definition) is 2. The van der Waals surface area contributed by atoms with Gasteiger partial charge < -0.3 is 19.6 Å². The first-order valence-electron chi connectivity index (χ1n) is 6.18. The van der Waals surface area contributed by atoms with Crippen LogP contribution in [0.15, 0.2) is 30.7 Å². The molecule has 19 heavy (non-hydrogen) atoms. The third-order valence-corrected chi connectivity index (χ3v) is 3.14. The molecule has 5 nitrogen and oxygen atoms in total. The fourth-order valence-corrected chi connectivity index (χ4v) is 2.17. The molecule has 0 fully saturated rings. The summed E-state index contributed by atoms with van der Waals surface area (Å²) in [5.41, 5.74) is 2.22. The van der Waals surface area contributed by atoms with E-state index in [-0.39, 0.29) is 0 Å². The van der Waals surface area contributed by atoms with E-state index < -0.39 is 11.9 Å². The lowest BCUT2D eigenvalue weighted by Gasteiger charge is -2.34. The number of nitrogens with zero attached hydrogens (tertiary/aromatic N) is 1. The van der Waals surface area contributed by atoms with Crippen LogP contribution < -0.4 is 4.74 Å². The zero-order valence-electron chi connectivity index (χ0n) is 10.9. The SMILES string of the molecule is CC1(C)OCc2cccc(C(O)c3c[nH]cn3)c2O1. The summed E-state index contributed by atoms with van der Waals surface area (Å²) in [4.78, 5) is 6.93. The Kier molecular flexibility index (Phi) is 2.80. The Hall–Kier alpha value is -1.85. The molecule has 1 unspecified atom stereocenters. The minimum absolute atomic E-state index is 0.476. The number of ether oxygens (including phenoxy) is 2. The number of hydrogen-bond acceptors (Lipinski definition) is 4. The number of nitrogens with one attached hydrogen (secondary N) is 1. The summed E-state index contributed by atoms with van der Waals surface area (Å²) in [6, 6.07) is 5.67. The summed E-state index contributed by atoms with van der Waals surface area (Å²) in [6.45, 7) is 4.19. The highest BCUT2D eigenvalue weighted by Crippen LogP contribution is 2.38. The Balaban J connectivity index is 2.03. The Labute approximate surface area is 111 Å². The molecule has 5 heteroatoms. The Bertz CT molecular complexity index is 578. The molecule has 0 spiro atoms. The minimum atomic E-state index is -0.810. The van der Waals surface area contributed by atoms with Gasteiger partial charge in [0.05, 0.1) is 18.6 Å². The zero-order valence-corrected chi connectivity index (χ0v) is 10.9. The predicted octanol–water partition coefficient (Wildman–Crippen LogP) is 2.14. The molecule has 2 N–H and O–H groups in total. The Morgan fingerprint density at radius 3 is 3.00 bits per heavy atom. The summed E-state index contributed by atoms with van der Waals surface area (Å²) in [5, 5.41) is 10.4. The van der Waals surface area contributed by atoms with Gasteiger partial charge in [0.1, 0.15) is 11.9 Å². The van der Waals surface area contributed by atoms with Crippen LogP contribution in [-0.4, -0.2) is 20.9 Å². The Morgan fingerprint density at radius 2 is 2.26 bits per heavy atom. The minimum Gasteiger partial charge on any atom is -0.462 e. The van der Waals surface area contributed by atoms with Gasteiger partial charge in [-0.1, -0.05) is 18.2 Å². The number of benzene rings is 1. The standard InChI is InChI=1S/C14H16N2O3/c1-14(2)18-7-9-4-3-5-10(13(9)19-14)12(17)11-6-15-8-16-11/h3-6,8,12,17H,7H2,1-2H3,(H,15,16). The van der Waals surface area contributed by atoms with Crippen molar-refractivity contribution in [3.63, 3.8) is 0 Å². The van der Waals surface area contributed by atoms with Gasteiger partial charge in [0, 0.05) is 31.2 Å². The van der Waals surface area contributed by atoms with E-state index in [0.29, 0.717) is 23.6 Å². The van der Waals surface area contributed by atoms with E-state index in [1.807, 2.05) is 32.0 Å². The molecule has 1 aliphatic rings. The van der Waals surface area contributed by atoms with Crippen LogP contribution >= 0.6 is 0 Å². The topological polar surface area (TPSA) is 67.4 Å². The predicted molar refractivity (Wildman–Crippen MR) is 68.6 cm³/mol. The largest absolute Gasteiger partial charge is 0.462 e. The van der Waals surface area contributed by atoms with Crippen LogP contribution in [0.5, 0.6) is 5.75 Å². The number of rotatable bonds is 2. The molecule has 0 bridgehead atoms. The van der Waals surface area contributed by atoms with Crippen LogP contribution in [0.25, 0.3) is 0 Å². The maximum absolute atomic E-state index is 10.4. The number of aromatic amines is 1. The first-order chi connectivity index (χ1) is 9.07. The molecule has 0 saturated heterocycles. The van der Waals surface area contributed by atoms with E-state index in [2.05, 4.69) is 9.97 Å². The first-order valence-corrected chi connectivity index (χ1v) is 6.18. The Morgan fingerprint density at radius 1 is 1.42 bits per heavy atom. The second-order valence-electron chi connectivity index (χ2n) is 5.02. The molecule has 2 aromatic rings. The van der Waals surface area contributed by atoms with Crippen LogP contribution in [0, 0.1) is 0 Å². The average molecular weight is 260 g/mol. The third kappa shape index (κ3) is 2.22. The molecule has 1 atom stereocenters. The van der Waals surface area contributed by atoms with Gasteiger partial charge in [0.2, 0.25) is 5.79 Å². The number of imidazole rings is 1. The van der Waals surface area contributed by atoms with Crippen molar-refractivity contribution in [3.05, 3.63) is 47.5 Å². The molecule has 2 heterocycles. The third-order valence-electron chi connectivity index (χ3n) is 3.14. The lowest BCUT2D eigenvalue weighted by atomic mass is 10.0. The highest BCUT2D eigenvalue weighted by Gasteiger charge is 2.31. The van der Waals surface area contributed by atoms with Gasteiger partial charge in [-0.3, -0.25) is 0 Å². The van der Waals surface area contributed by atoms with Crippen LogP contribution in [-0.2, 0) is 11.3 Å². The van der Waals surface area contributed by atoms with Crippen molar-refractivity contribution in [2.45, 2.75) is 32.3 Å². The molecule has 1 aliphatic heterocycles. The van der Waals surface area contributed by atoms with Crippen molar-refractivity contribution in [3.8, 4) is 5.75 Å². The van der Waals surface area contributed by atoms with E-state index in [1.165, 1.54) is 0 Å². The lowest BCUT2D eigenvalue weighted by molar-refractivity contribution is -0.180. The van der Waals surface area contributed by atoms with Crippen LogP contribution in [0.4, 0.5) is 0 Å². The molecule has 0 aliphatic carbocycles. The van der Waals surface area contributed by atoms with Gasteiger partial charge in [0.15, 0.2) is 0 Å². The monoisotopic (exact) mass is 260 g/mol. The average Bonchev–Trinajstić information content (AvgIpc) is 2.90. The fourth-order valence-electron chi connectivity index (χ4n) is 2.17. The summed E-state index contributed by atoms with van der Waals surface area (Å²) >= 11 is 0. The summed E-state index contributed by atoms with van der Waals surface area (Å²) < 4.78 is 11.4. The molecular weight excluding hydrogens is 244 g/mol. The van der Waals surface area contributed by atoms with Crippen molar-refractivity contribution in [2.24, 2.45) is 0 Å². The highest BCUT2D eigenvalue weighted by atomic mass is 16.7. The summed E-state index contributed by atoms with van der Waals surface area (Å²) in [7, 11) is 0. The number of aromatic nitrogens is 2. The van der Waals surface area contributed by atoms with Crippen molar-refractivity contribution in [2.75, 3.05) is 0 Å². The van der Waals surface area contributed by atoms with Gasteiger partial charge in [-0.25, -0.2) is 4.98 Å². The second kappa shape index (κ2) is 4.36. The van der Waals surface area contributed by atoms with Crippen molar-refractivity contribution >= 4 is 0 Å². The van der Waals surface area contributed by atoms with E-state index >= 15 is 0 Å². The number of para-hydroxylation sites is 1. The van der Waals surface area contributed by atoms with Crippen LogP contribution in [0.2, 0.25) is 0 Å². The van der Waals surface area contributed by atoms with Crippen LogP contribution in [0.1, 0.15) is 36.8 Å². The summed E-state index contributed by atoms with van der Waals surface area (Å²) in [5.74, 6) is 0.00301. The maximum Gasteiger partial charge on any atom is 0.205 e. The molecule has 100 valence electrons. The van der Waals surface area contributed by atoms with Gasteiger partial charge >= 0.3 is 0 Å². The summed E-state index contributed by atoms with van der Waals surface area (Å²) in [6.07, 6.45) is 2.41. The van der Waals surface area contributed by atoms with Crippen molar-refractivity contribution in [1.82, 2.24) is 9.97 Å². The van der Waals surface area contributed by atoms with Crippen molar-refractivity contribution < 1.29 is 14.6 Å². The quantitative estimate of drug-likeness (QED) is 0.868. The smallest absolute Gasteiger partial charge is 0.205 e. The number of H-pyrrole nitrogens is 1. The molecular formula is C14H16N2O3. The van der Waals surface area contributed by atoms with E-state index in [0.717, 1.165) is 5.56 Å². The molecule has 1 aromatic carbocycles. The molecule has 0 saturated carbocycles. The van der Waals surface area contributed by atoms with Gasteiger partial charge in [-0.15, -0.1) is 0 Å². The van der Waals surface area contributed by atoms with E-state index in [4.69, 9.17) is 9.47 Å². The first kappa shape index (κ1) is 12.2. The maximum atomic E-state index is 10.4. The van der Waals surface area contributed by atoms with E-state index in [1.54, 1.807) is 12.5 Å². The fraction of sp³-hybridized carbons (Fsp3) is 0.357. The number of fused-ring (bicyclic) bond motifs is 1. The number of aliphatic hydroxyl groups excluding tert-OH is 1. The molecule has 1 aromatic heterocycles. The normalized spacial score (nSPS) is 18.5. The van der Waals surface area contributed by atoms with Gasteiger partial charge in [0.25, 0.3) is 0 Å². The van der Waals surface area contributed by atoms with Gasteiger partial charge in [-0.2, -0.15) is 0 Å². The van der Waals surface area contributed by atoms with Gasteiger partial charge in [-0.05, 0) is 0 Å². The molecule has 0 radical (unpaired) electrons. The molecule has 3 rings (SSSR count). The lowest BCUT2D eigenvalue weighted by Crippen LogP contribution is -2.36. The highest BCUT2D eigenvalue weighted by molar-refractivity contribution is 5.45. The number of aliphatic hydroxyl groups is 1. The van der Waals surface area contributed by atoms with E-state index in [9.17, 15) is 5.11 Å². The second-order valence-corrected chi connectivity index (χ2v) is 5.02. The van der Waals surface area contributed by atoms with Crippen LogP contribution in [0.3, 0.4) is 0 Å². The van der Waals surface area contributed by atoms with Crippen molar-refractivity contribution in [1.29, 1.82) is 0 Å². The zero-order chi connectivity index (χ0) is 13.5. The molecule has 0 amide bonds.